The Kier molecular flexibility index (Phi) is 13.1. The highest BCUT2D eigenvalue weighted by Crippen LogP contribution is 2.15. The van der Waals surface area contributed by atoms with Gasteiger partial charge in [-0.3, -0.25) is 0 Å². The van der Waals surface area contributed by atoms with E-state index in [-0.39, 0.29) is 6.10 Å². The summed E-state index contributed by atoms with van der Waals surface area (Å²) >= 11 is 0. The minimum Gasteiger partial charge on any atom is -0.400 e. The maximum Gasteiger partial charge on any atom is 0.154 e. The number of ether oxygens (including phenoxy) is 1. The van der Waals surface area contributed by atoms with Crippen LogP contribution >= 0.6 is 0 Å². The zero-order chi connectivity index (χ0) is 9.98. The van der Waals surface area contributed by atoms with E-state index < -0.39 is 6.29 Å². The molecular weight excluding hydrogens is 156 g/mol. The minimum absolute atomic E-state index is 0.263. The van der Waals surface area contributed by atoms with Crippen LogP contribution in [0.25, 0.3) is 0 Å². The second-order valence-electron chi connectivity index (χ2n) is 2.33. The number of hydrogen-bond donors (Lipinski definition) is 2. The highest BCUT2D eigenvalue weighted by atomic mass is 16.6. The fourth-order valence-corrected chi connectivity index (χ4v) is 0.984. The molecular formula is C9H22O3. The van der Waals surface area contributed by atoms with Crippen molar-refractivity contribution in [3.63, 3.8) is 0 Å². The van der Waals surface area contributed by atoms with Crippen molar-refractivity contribution < 1.29 is 14.9 Å². The van der Waals surface area contributed by atoms with Crippen LogP contribution < -0.4 is 0 Å². The molecule has 1 rings (SSSR count). The molecule has 1 aliphatic rings. The fourth-order valence-electron chi connectivity index (χ4n) is 0.984. The number of aliphatic hydroxyl groups excluding tert-OH is 2. The standard InChI is InChI=1S/C6H12O2.C2H6.CH4O/c1-5-3-2-4-6(7)8-5;2*1-2/h5-7H,2-4H2,1H3;1-2H3;2H,1H3. The molecule has 0 amide bonds. The lowest BCUT2D eigenvalue weighted by Gasteiger charge is -2.23. The van der Waals surface area contributed by atoms with Crippen LogP contribution in [0.4, 0.5) is 0 Å². The molecule has 0 aromatic heterocycles. The first-order valence-electron chi connectivity index (χ1n) is 4.57. The van der Waals surface area contributed by atoms with Crippen LogP contribution in [-0.4, -0.2) is 29.7 Å². The normalized spacial score (nSPS) is 27.5. The van der Waals surface area contributed by atoms with Gasteiger partial charge in [0.05, 0.1) is 6.10 Å². The van der Waals surface area contributed by atoms with Gasteiger partial charge in [0.25, 0.3) is 0 Å². The molecule has 0 spiro atoms. The van der Waals surface area contributed by atoms with E-state index in [2.05, 4.69) is 0 Å². The van der Waals surface area contributed by atoms with Crippen LogP contribution in [0.15, 0.2) is 0 Å². The molecule has 12 heavy (non-hydrogen) atoms. The van der Waals surface area contributed by atoms with Gasteiger partial charge >= 0.3 is 0 Å². The van der Waals surface area contributed by atoms with E-state index in [0.29, 0.717) is 0 Å². The first kappa shape index (κ1) is 14.4. The van der Waals surface area contributed by atoms with E-state index in [0.717, 1.165) is 26.4 Å². The van der Waals surface area contributed by atoms with E-state index in [1.165, 1.54) is 0 Å². The van der Waals surface area contributed by atoms with E-state index in [9.17, 15) is 0 Å². The van der Waals surface area contributed by atoms with Crippen molar-refractivity contribution in [3.05, 3.63) is 0 Å². The number of hydrogen-bond acceptors (Lipinski definition) is 3. The third-order valence-electron chi connectivity index (χ3n) is 1.45. The van der Waals surface area contributed by atoms with Crippen LogP contribution in [0, 0.1) is 0 Å². The van der Waals surface area contributed by atoms with Gasteiger partial charge in [-0.1, -0.05) is 13.8 Å². The first-order chi connectivity index (χ1) is 5.79. The van der Waals surface area contributed by atoms with Gasteiger partial charge in [0.2, 0.25) is 0 Å². The lowest BCUT2D eigenvalue weighted by molar-refractivity contribution is -0.156. The molecule has 1 saturated heterocycles. The topological polar surface area (TPSA) is 49.7 Å². The summed E-state index contributed by atoms with van der Waals surface area (Å²) in [6, 6.07) is 0. The summed E-state index contributed by atoms with van der Waals surface area (Å²) < 4.78 is 5.04. The third-order valence-corrected chi connectivity index (χ3v) is 1.45. The first-order valence-corrected chi connectivity index (χ1v) is 4.57. The predicted octanol–water partition coefficient (Wildman–Crippen LogP) is 1.53. The molecule has 0 radical (unpaired) electrons. The van der Waals surface area contributed by atoms with Crippen molar-refractivity contribution in [1.82, 2.24) is 0 Å². The van der Waals surface area contributed by atoms with E-state index in [1.807, 2.05) is 20.8 Å². The molecule has 2 atom stereocenters. The van der Waals surface area contributed by atoms with Crippen LogP contribution in [0.5, 0.6) is 0 Å². The molecule has 1 aliphatic heterocycles. The highest BCUT2D eigenvalue weighted by Gasteiger charge is 2.15. The molecule has 1 heterocycles. The van der Waals surface area contributed by atoms with E-state index in [4.69, 9.17) is 14.9 Å². The lowest BCUT2D eigenvalue weighted by Crippen LogP contribution is -2.24. The van der Waals surface area contributed by atoms with Gasteiger partial charge in [0, 0.05) is 7.11 Å². The predicted molar refractivity (Wildman–Crippen MR) is 49.9 cm³/mol. The Morgan fingerprint density at radius 1 is 1.17 bits per heavy atom. The highest BCUT2D eigenvalue weighted by molar-refractivity contribution is 4.59. The summed E-state index contributed by atoms with van der Waals surface area (Å²) in [5.74, 6) is 0. The maximum absolute atomic E-state index is 8.86. The Labute approximate surface area is 75.4 Å². The van der Waals surface area contributed by atoms with Gasteiger partial charge < -0.3 is 14.9 Å². The SMILES string of the molecule is CC.CC1CCCC(O)O1.CO. The van der Waals surface area contributed by atoms with Crippen molar-refractivity contribution in [3.8, 4) is 0 Å². The Bertz CT molecular complexity index is 68.2. The summed E-state index contributed by atoms with van der Waals surface area (Å²) in [6.45, 7) is 5.99. The summed E-state index contributed by atoms with van der Waals surface area (Å²) in [5.41, 5.74) is 0. The van der Waals surface area contributed by atoms with Crippen LogP contribution in [0.3, 0.4) is 0 Å². The molecule has 76 valence electrons. The molecule has 3 nitrogen and oxygen atoms in total. The van der Waals surface area contributed by atoms with Gasteiger partial charge in [-0.05, 0) is 26.2 Å². The average Bonchev–Trinajstić information content (AvgIpc) is 2.11. The molecule has 0 bridgehead atoms. The van der Waals surface area contributed by atoms with Crippen LogP contribution in [0.2, 0.25) is 0 Å². The molecule has 3 heteroatoms. The molecule has 2 N–H and O–H groups in total. The minimum atomic E-state index is -0.487. The molecule has 0 saturated carbocycles. The van der Waals surface area contributed by atoms with Crippen molar-refractivity contribution in [1.29, 1.82) is 0 Å². The van der Waals surface area contributed by atoms with Crippen LogP contribution in [0.1, 0.15) is 40.0 Å². The quantitative estimate of drug-likeness (QED) is 0.591. The summed E-state index contributed by atoms with van der Waals surface area (Å²) in [5, 5.41) is 15.9. The molecule has 1 fully saturated rings. The van der Waals surface area contributed by atoms with Crippen LogP contribution in [-0.2, 0) is 4.74 Å². The van der Waals surface area contributed by atoms with Crippen molar-refractivity contribution in [2.45, 2.75) is 52.4 Å². The summed E-state index contributed by atoms with van der Waals surface area (Å²) in [6.07, 6.45) is 2.78. The van der Waals surface area contributed by atoms with Gasteiger partial charge in [-0.15, -0.1) is 0 Å². The van der Waals surface area contributed by atoms with E-state index >= 15 is 0 Å². The Morgan fingerprint density at radius 2 is 1.67 bits per heavy atom. The average molecular weight is 178 g/mol. The molecule has 0 aromatic carbocycles. The zero-order valence-electron chi connectivity index (χ0n) is 8.58. The second kappa shape index (κ2) is 10.9. The lowest BCUT2D eigenvalue weighted by atomic mass is 10.1. The van der Waals surface area contributed by atoms with Gasteiger partial charge in [-0.2, -0.15) is 0 Å². The maximum atomic E-state index is 8.86. The van der Waals surface area contributed by atoms with Crippen molar-refractivity contribution in [2.24, 2.45) is 0 Å². The Hall–Kier alpha value is -0.120. The molecule has 2 unspecified atom stereocenters. The van der Waals surface area contributed by atoms with Gasteiger partial charge in [0.15, 0.2) is 6.29 Å². The largest absolute Gasteiger partial charge is 0.400 e. The Morgan fingerprint density at radius 3 is 1.92 bits per heavy atom. The van der Waals surface area contributed by atoms with Gasteiger partial charge in [-0.25, -0.2) is 0 Å². The van der Waals surface area contributed by atoms with Crippen molar-refractivity contribution >= 4 is 0 Å². The number of aliphatic hydroxyl groups is 2. The summed E-state index contributed by atoms with van der Waals surface area (Å²) in [4.78, 5) is 0. The van der Waals surface area contributed by atoms with Gasteiger partial charge in [0.1, 0.15) is 0 Å². The van der Waals surface area contributed by atoms with Crippen molar-refractivity contribution in [2.75, 3.05) is 7.11 Å². The Balaban J connectivity index is 0. The van der Waals surface area contributed by atoms with E-state index in [1.54, 1.807) is 0 Å². The smallest absolute Gasteiger partial charge is 0.154 e. The third kappa shape index (κ3) is 7.98. The monoisotopic (exact) mass is 178 g/mol. The fraction of sp³-hybridized carbons (Fsp3) is 1.00. The summed E-state index contributed by atoms with van der Waals surface area (Å²) in [7, 11) is 1.00. The second-order valence-corrected chi connectivity index (χ2v) is 2.33. The number of rotatable bonds is 0. The zero-order valence-corrected chi connectivity index (χ0v) is 8.58. The molecule has 0 aliphatic carbocycles. The molecule has 0 aromatic rings.